The summed E-state index contributed by atoms with van der Waals surface area (Å²) < 4.78 is 6.23. The van der Waals surface area contributed by atoms with E-state index in [4.69, 9.17) is 4.74 Å². The van der Waals surface area contributed by atoms with Gasteiger partial charge >= 0.3 is 0 Å². The van der Waals surface area contributed by atoms with Gasteiger partial charge in [-0.05, 0) is 48.5 Å². The molecule has 0 aromatic heterocycles. The smallest absolute Gasteiger partial charge is 0.0612 e. The molecule has 2 heterocycles. The standard InChI is InChI=1S/C19H28O/c1-4-8-14-11-18-15(12-17(14)20-18)13-19(2,3)16-9-6-5-7-10-16/h5-7,9-10,14-15,17-18H,4,8,11-13H2,1-3H3. The lowest BCUT2D eigenvalue weighted by Gasteiger charge is -2.32. The third-order valence-corrected chi connectivity index (χ3v) is 5.46. The minimum Gasteiger partial charge on any atom is -0.374 e. The summed E-state index contributed by atoms with van der Waals surface area (Å²) in [5.41, 5.74) is 1.73. The Bertz CT molecular complexity index is 436. The van der Waals surface area contributed by atoms with Crippen LogP contribution in [0.3, 0.4) is 0 Å². The lowest BCUT2D eigenvalue weighted by atomic mass is 9.71. The molecule has 2 saturated heterocycles. The first-order valence-corrected chi connectivity index (χ1v) is 8.31. The lowest BCUT2D eigenvalue weighted by Crippen LogP contribution is -2.29. The molecule has 20 heavy (non-hydrogen) atoms. The maximum atomic E-state index is 6.23. The SMILES string of the molecule is CCCC1CC2OC1CC2CC(C)(C)c1ccccc1. The van der Waals surface area contributed by atoms with Crippen LogP contribution >= 0.6 is 0 Å². The number of hydrogen-bond donors (Lipinski definition) is 0. The molecule has 2 aliphatic rings. The van der Waals surface area contributed by atoms with Gasteiger partial charge in [0.15, 0.2) is 0 Å². The van der Waals surface area contributed by atoms with Crippen molar-refractivity contribution >= 4 is 0 Å². The Labute approximate surface area is 123 Å². The molecule has 2 fully saturated rings. The summed E-state index contributed by atoms with van der Waals surface area (Å²) in [5.74, 6) is 1.62. The van der Waals surface area contributed by atoms with E-state index in [1.54, 1.807) is 0 Å². The summed E-state index contributed by atoms with van der Waals surface area (Å²) in [4.78, 5) is 0. The van der Waals surface area contributed by atoms with Crippen molar-refractivity contribution in [3.63, 3.8) is 0 Å². The van der Waals surface area contributed by atoms with Gasteiger partial charge in [-0.25, -0.2) is 0 Å². The van der Waals surface area contributed by atoms with E-state index in [2.05, 4.69) is 51.1 Å². The molecule has 2 bridgehead atoms. The van der Waals surface area contributed by atoms with Crippen molar-refractivity contribution in [2.45, 2.75) is 70.5 Å². The van der Waals surface area contributed by atoms with Gasteiger partial charge in [0, 0.05) is 0 Å². The van der Waals surface area contributed by atoms with Gasteiger partial charge in [0.1, 0.15) is 0 Å². The summed E-state index contributed by atoms with van der Waals surface area (Å²) in [7, 11) is 0. The molecule has 4 unspecified atom stereocenters. The lowest BCUT2D eigenvalue weighted by molar-refractivity contribution is 0.0802. The van der Waals surface area contributed by atoms with E-state index in [1.165, 1.54) is 37.7 Å². The normalized spacial score (nSPS) is 32.8. The molecule has 4 atom stereocenters. The van der Waals surface area contributed by atoms with Crippen LogP contribution in [-0.4, -0.2) is 12.2 Å². The highest BCUT2D eigenvalue weighted by atomic mass is 16.5. The largest absolute Gasteiger partial charge is 0.374 e. The van der Waals surface area contributed by atoms with Crippen LogP contribution < -0.4 is 0 Å². The number of rotatable bonds is 5. The first kappa shape index (κ1) is 14.1. The molecule has 1 heteroatoms. The van der Waals surface area contributed by atoms with E-state index >= 15 is 0 Å². The van der Waals surface area contributed by atoms with Crippen LogP contribution in [0.4, 0.5) is 0 Å². The Balaban J connectivity index is 1.63. The highest BCUT2D eigenvalue weighted by Gasteiger charge is 2.47. The molecule has 3 rings (SSSR count). The summed E-state index contributed by atoms with van der Waals surface area (Å²) in [6.07, 6.45) is 7.64. The van der Waals surface area contributed by atoms with E-state index in [1.807, 2.05) is 0 Å². The van der Waals surface area contributed by atoms with Gasteiger partial charge in [-0.3, -0.25) is 0 Å². The fourth-order valence-corrected chi connectivity index (χ4v) is 4.40. The molecular weight excluding hydrogens is 244 g/mol. The topological polar surface area (TPSA) is 9.23 Å². The van der Waals surface area contributed by atoms with E-state index in [0.717, 1.165) is 11.8 Å². The molecule has 0 amide bonds. The fraction of sp³-hybridized carbons (Fsp3) is 0.684. The third kappa shape index (κ3) is 2.65. The fourth-order valence-electron chi connectivity index (χ4n) is 4.40. The minimum atomic E-state index is 0.264. The maximum absolute atomic E-state index is 6.23. The third-order valence-electron chi connectivity index (χ3n) is 5.46. The Morgan fingerprint density at radius 1 is 1.05 bits per heavy atom. The second-order valence-corrected chi connectivity index (χ2v) is 7.45. The molecule has 2 aliphatic heterocycles. The van der Waals surface area contributed by atoms with Crippen LogP contribution in [0.15, 0.2) is 30.3 Å². The van der Waals surface area contributed by atoms with E-state index in [0.29, 0.717) is 12.2 Å². The predicted octanol–water partition coefficient (Wildman–Crippen LogP) is 4.95. The number of fused-ring (bicyclic) bond motifs is 2. The second kappa shape index (κ2) is 5.52. The van der Waals surface area contributed by atoms with Gasteiger partial charge in [0.25, 0.3) is 0 Å². The van der Waals surface area contributed by atoms with Crippen LogP contribution in [-0.2, 0) is 10.2 Å². The zero-order valence-corrected chi connectivity index (χ0v) is 13.1. The van der Waals surface area contributed by atoms with E-state index in [9.17, 15) is 0 Å². The van der Waals surface area contributed by atoms with Crippen molar-refractivity contribution in [3.8, 4) is 0 Å². The van der Waals surface area contributed by atoms with Crippen molar-refractivity contribution in [1.82, 2.24) is 0 Å². The Morgan fingerprint density at radius 2 is 1.70 bits per heavy atom. The minimum absolute atomic E-state index is 0.264. The van der Waals surface area contributed by atoms with Crippen molar-refractivity contribution < 1.29 is 4.74 Å². The van der Waals surface area contributed by atoms with Crippen LogP contribution in [0.25, 0.3) is 0 Å². The van der Waals surface area contributed by atoms with E-state index < -0.39 is 0 Å². The van der Waals surface area contributed by atoms with Gasteiger partial charge in [-0.1, -0.05) is 57.5 Å². The Morgan fingerprint density at radius 3 is 2.30 bits per heavy atom. The average molecular weight is 272 g/mol. The summed E-state index contributed by atoms with van der Waals surface area (Å²) in [5, 5.41) is 0. The first-order chi connectivity index (χ1) is 9.60. The molecule has 1 nitrogen and oxygen atoms in total. The van der Waals surface area contributed by atoms with Crippen LogP contribution in [0, 0.1) is 11.8 Å². The quantitative estimate of drug-likeness (QED) is 0.737. The number of hydrogen-bond acceptors (Lipinski definition) is 1. The zero-order valence-electron chi connectivity index (χ0n) is 13.1. The van der Waals surface area contributed by atoms with Crippen LogP contribution in [0.1, 0.15) is 58.4 Å². The Hall–Kier alpha value is -0.820. The van der Waals surface area contributed by atoms with Crippen LogP contribution in [0.5, 0.6) is 0 Å². The monoisotopic (exact) mass is 272 g/mol. The predicted molar refractivity (Wildman–Crippen MR) is 83.9 cm³/mol. The second-order valence-electron chi connectivity index (χ2n) is 7.45. The van der Waals surface area contributed by atoms with Crippen molar-refractivity contribution in [1.29, 1.82) is 0 Å². The molecular formula is C19H28O. The van der Waals surface area contributed by atoms with Gasteiger partial charge in [-0.15, -0.1) is 0 Å². The van der Waals surface area contributed by atoms with Gasteiger partial charge in [0.05, 0.1) is 12.2 Å². The molecule has 0 aliphatic carbocycles. The van der Waals surface area contributed by atoms with Crippen molar-refractivity contribution in [2.24, 2.45) is 11.8 Å². The highest BCUT2D eigenvalue weighted by molar-refractivity contribution is 5.23. The molecule has 0 radical (unpaired) electrons. The van der Waals surface area contributed by atoms with Crippen molar-refractivity contribution in [2.75, 3.05) is 0 Å². The first-order valence-electron chi connectivity index (χ1n) is 8.31. The summed E-state index contributed by atoms with van der Waals surface area (Å²) >= 11 is 0. The number of ether oxygens (including phenoxy) is 1. The molecule has 1 aromatic carbocycles. The highest BCUT2D eigenvalue weighted by Crippen LogP contribution is 2.48. The van der Waals surface area contributed by atoms with Gasteiger partial charge < -0.3 is 4.74 Å². The molecule has 110 valence electrons. The Kier molecular flexibility index (Phi) is 3.90. The zero-order chi connectivity index (χ0) is 14.2. The van der Waals surface area contributed by atoms with Gasteiger partial charge in [0.2, 0.25) is 0 Å². The van der Waals surface area contributed by atoms with E-state index in [-0.39, 0.29) is 5.41 Å². The summed E-state index contributed by atoms with van der Waals surface area (Å²) in [6, 6.07) is 11.0. The number of benzene rings is 1. The van der Waals surface area contributed by atoms with Crippen LogP contribution in [0.2, 0.25) is 0 Å². The molecule has 0 saturated carbocycles. The molecule has 0 spiro atoms. The van der Waals surface area contributed by atoms with Gasteiger partial charge in [-0.2, -0.15) is 0 Å². The molecule has 1 aromatic rings. The van der Waals surface area contributed by atoms with Crippen molar-refractivity contribution in [3.05, 3.63) is 35.9 Å². The summed E-state index contributed by atoms with van der Waals surface area (Å²) in [6.45, 7) is 7.07. The molecule has 0 N–H and O–H groups in total. The average Bonchev–Trinajstić information content (AvgIpc) is 2.99. The maximum Gasteiger partial charge on any atom is 0.0612 e.